The van der Waals surface area contributed by atoms with Gasteiger partial charge in [0.1, 0.15) is 12.3 Å². The Morgan fingerprint density at radius 3 is 2.35 bits per heavy atom. The highest BCUT2D eigenvalue weighted by atomic mass is 16.5. The molecule has 0 fully saturated rings. The SMILES string of the molecule is COC(=O)CNC(=O)Cc1ccc(NC(=O)Cc2c(C)noc2C)cc1. The molecule has 26 heavy (non-hydrogen) atoms. The highest BCUT2D eigenvalue weighted by Gasteiger charge is 2.13. The van der Waals surface area contributed by atoms with Crippen molar-refractivity contribution in [2.75, 3.05) is 19.0 Å². The van der Waals surface area contributed by atoms with E-state index in [1.807, 2.05) is 0 Å². The zero-order chi connectivity index (χ0) is 19.1. The molecule has 0 aliphatic heterocycles. The van der Waals surface area contributed by atoms with Gasteiger partial charge in [-0.05, 0) is 31.5 Å². The van der Waals surface area contributed by atoms with Crippen LogP contribution in [-0.2, 0) is 32.0 Å². The van der Waals surface area contributed by atoms with Crippen LogP contribution in [0.15, 0.2) is 28.8 Å². The van der Waals surface area contributed by atoms with E-state index < -0.39 is 5.97 Å². The molecule has 2 amide bonds. The van der Waals surface area contributed by atoms with E-state index in [9.17, 15) is 14.4 Å². The van der Waals surface area contributed by atoms with Gasteiger partial charge in [-0.3, -0.25) is 14.4 Å². The number of carbonyl (C=O) groups is 3. The second-order valence-corrected chi connectivity index (χ2v) is 5.75. The molecule has 0 atom stereocenters. The molecular formula is C18H21N3O5. The molecule has 0 bridgehead atoms. The van der Waals surface area contributed by atoms with Crippen molar-refractivity contribution in [1.82, 2.24) is 10.5 Å². The molecule has 8 heteroatoms. The number of nitrogens with one attached hydrogen (secondary N) is 2. The van der Waals surface area contributed by atoms with Crippen LogP contribution in [-0.4, -0.2) is 36.6 Å². The Labute approximate surface area is 150 Å². The third-order valence-electron chi connectivity index (χ3n) is 3.78. The lowest BCUT2D eigenvalue weighted by atomic mass is 10.1. The first kappa shape index (κ1) is 19.2. The maximum atomic E-state index is 12.1. The molecule has 1 aromatic heterocycles. The molecule has 1 heterocycles. The second kappa shape index (κ2) is 8.80. The second-order valence-electron chi connectivity index (χ2n) is 5.75. The van der Waals surface area contributed by atoms with Crippen molar-refractivity contribution < 1.29 is 23.6 Å². The van der Waals surface area contributed by atoms with Gasteiger partial charge in [0, 0.05) is 11.3 Å². The first-order valence-corrected chi connectivity index (χ1v) is 8.03. The Morgan fingerprint density at radius 1 is 1.08 bits per heavy atom. The predicted molar refractivity (Wildman–Crippen MR) is 93.5 cm³/mol. The molecule has 1 aromatic carbocycles. The highest BCUT2D eigenvalue weighted by Crippen LogP contribution is 2.15. The number of aryl methyl sites for hydroxylation is 2. The topological polar surface area (TPSA) is 111 Å². The Morgan fingerprint density at radius 2 is 1.77 bits per heavy atom. The molecule has 138 valence electrons. The maximum Gasteiger partial charge on any atom is 0.325 e. The Hall–Kier alpha value is -3.16. The largest absolute Gasteiger partial charge is 0.468 e. The van der Waals surface area contributed by atoms with Gasteiger partial charge in [-0.1, -0.05) is 17.3 Å². The molecule has 2 aromatic rings. The Kier molecular flexibility index (Phi) is 6.48. The average Bonchev–Trinajstić information content (AvgIpc) is 2.93. The van der Waals surface area contributed by atoms with Crippen molar-refractivity contribution in [2.24, 2.45) is 0 Å². The molecule has 0 aliphatic carbocycles. The number of hydrogen-bond acceptors (Lipinski definition) is 6. The summed E-state index contributed by atoms with van der Waals surface area (Å²) in [5.41, 5.74) is 2.86. The fourth-order valence-corrected chi connectivity index (χ4v) is 2.32. The summed E-state index contributed by atoms with van der Waals surface area (Å²) in [4.78, 5) is 34.9. The zero-order valence-electron chi connectivity index (χ0n) is 14.9. The molecule has 0 saturated heterocycles. The third-order valence-corrected chi connectivity index (χ3v) is 3.78. The lowest BCUT2D eigenvalue weighted by Gasteiger charge is -2.07. The molecule has 0 unspecified atom stereocenters. The van der Waals surface area contributed by atoms with Gasteiger partial charge >= 0.3 is 5.97 Å². The van der Waals surface area contributed by atoms with Gasteiger partial charge in [-0.15, -0.1) is 0 Å². The quantitative estimate of drug-likeness (QED) is 0.721. The van der Waals surface area contributed by atoms with Gasteiger partial charge < -0.3 is 19.9 Å². The number of ether oxygens (including phenoxy) is 1. The van der Waals surface area contributed by atoms with Crippen LogP contribution in [0.1, 0.15) is 22.6 Å². The summed E-state index contributed by atoms with van der Waals surface area (Å²) in [6.45, 7) is 3.40. The number of benzene rings is 1. The van der Waals surface area contributed by atoms with Crippen LogP contribution in [0.5, 0.6) is 0 Å². The van der Waals surface area contributed by atoms with Crippen molar-refractivity contribution in [2.45, 2.75) is 26.7 Å². The Bertz CT molecular complexity index is 776. The lowest BCUT2D eigenvalue weighted by molar-refractivity contribution is -0.141. The van der Waals surface area contributed by atoms with E-state index in [2.05, 4.69) is 20.5 Å². The van der Waals surface area contributed by atoms with Gasteiger partial charge in [0.15, 0.2) is 0 Å². The van der Waals surface area contributed by atoms with Crippen LogP contribution in [0.2, 0.25) is 0 Å². The van der Waals surface area contributed by atoms with Gasteiger partial charge in [0.2, 0.25) is 11.8 Å². The highest BCUT2D eigenvalue weighted by molar-refractivity contribution is 5.92. The van der Waals surface area contributed by atoms with E-state index in [-0.39, 0.29) is 31.2 Å². The molecular weight excluding hydrogens is 338 g/mol. The van der Waals surface area contributed by atoms with Gasteiger partial charge in [0.25, 0.3) is 0 Å². The van der Waals surface area contributed by atoms with Crippen molar-refractivity contribution >= 4 is 23.5 Å². The Balaban J connectivity index is 1.86. The number of carbonyl (C=O) groups excluding carboxylic acids is 3. The number of aromatic nitrogens is 1. The number of esters is 1. The van der Waals surface area contributed by atoms with E-state index in [0.717, 1.165) is 11.1 Å². The van der Waals surface area contributed by atoms with E-state index >= 15 is 0 Å². The van der Waals surface area contributed by atoms with E-state index in [1.165, 1.54) is 7.11 Å². The monoisotopic (exact) mass is 359 g/mol. The van der Waals surface area contributed by atoms with Crippen LogP contribution >= 0.6 is 0 Å². The summed E-state index contributed by atoms with van der Waals surface area (Å²) in [7, 11) is 1.26. The van der Waals surface area contributed by atoms with Gasteiger partial charge in [-0.25, -0.2) is 0 Å². The van der Waals surface area contributed by atoms with Gasteiger partial charge in [-0.2, -0.15) is 0 Å². The summed E-state index contributed by atoms with van der Waals surface area (Å²) in [5, 5.41) is 9.08. The molecule has 8 nitrogen and oxygen atoms in total. The molecule has 0 saturated carbocycles. The zero-order valence-corrected chi connectivity index (χ0v) is 14.9. The minimum atomic E-state index is -0.505. The van der Waals surface area contributed by atoms with Gasteiger partial charge in [0.05, 0.1) is 25.6 Å². The number of hydrogen-bond donors (Lipinski definition) is 2. The summed E-state index contributed by atoms with van der Waals surface area (Å²) >= 11 is 0. The number of rotatable bonds is 7. The standard InChI is InChI=1S/C18H21N3O5/c1-11-15(12(2)26-21-11)9-17(23)20-14-6-4-13(5-7-14)8-16(22)19-10-18(24)25-3/h4-7H,8-10H2,1-3H3,(H,19,22)(H,20,23). The number of anilines is 1. The minimum Gasteiger partial charge on any atom is -0.468 e. The predicted octanol–water partition coefficient (Wildman–Crippen LogP) is 1.30. The summed E-state index contributed by atoms with van der Waals surface area (Å²) in [6.07, 6.45) is 0.309. The van der Waals surface area contributed by atoms with Crippen molar-refractivity contribution in [3.05, 3.63) is 46.8 Å². The van der Waals surface area contributed by atoms with Crippen LogP contribution < -0.4 is 10.6 Å². The molecule has 0 radical (unpaired) electrons. The smallest absolute Gasteiger partial charge is 0.325 e. The first-order valence-electron chi connectivity index (χ1n) is 8.03. The van der Waals surface area contributed by atoms with Crippen molar-refractivity contribution in [3.63, 3.8) is 0 Å². The van der Waals surface area contributed by atoms with Crippen LogP contribution in [0.25, 0.3) is 0 Å². The van der Waals surface area contributed by atoms with Crippen LogP contribution in [0.4, 0.5) is 5.69 Å². The lowest BCUT2D eigenvalue weighted by Crippen LogP contribution is -2.31. The van der Waals surface area contributed by atoms with Crippen LogP contribution in [0.3, 0.4) is 0 Å². The van der Waals surface area contributed by atoms with Crippen molar-refractivity contribution in [1.29, 1.82) is 0 Å². The fraction of sp³-hybridized carbons (Fsp3) is 0.333. The van der Waals surface area contributed by atoms with E-state index in [4.69, 9.17) is 4.52 Å². The summed E-state index contributed by atoms with van der Waals surface area (Å²) in [6, 6.07) is 6.91. The number of nitrogens with zero attached hydrogens (tertiary/aromatic N) is 1. The summed E-state index contributed by atoms with van der Waals surface area (Å²) in [5.74, 6) is -0.339. The maximum absolute atomic E-state index is 12.1. The minimum absolute atomic E-state index is 0.129. The first-order chi connectivity index (χ1) is 12.4. The molecule has 2 N–H and O–H groups in total. The fourth-order valence-electron chi connectivity index (χ4n) is 2.32. The number of methoxy groups -OCH3 is 1. The third kappa shape index (κ3) is 5.44. The van der Waals surface area contributed by atoms with E-state index in [1.54, 1.807) is 38.1 Å². The number of amides is 2. The molecule has 0 aliphatic rings. The normalized spacial score (nSPS) is 10.3. The molecule has 2 rings (SSSR count). The van der Waals surface area contributed by atoms with Crippen molar-refractivity contribution in [3.8, 4) is 0 Å². The average molecular weight is 359 g/mol. The van der Waals surface area contributed by atoms with Crippen LogP contribution in [0, 0.1) is 13.8 Å². The summed E-state index contributed by atoms with van der Waals surface area (Å²) < 4.78 is 9.50. The van der Waals surface area contributed by atoms with E-state index in [0.29, 0.717) is 17.1 Å². The molecule has 0 spiro atoms.